The summed E-state index contributed by atoms with van der Waals surface area (Å²) >= 11 is 8.94. The van der Waals surface area contributed by atoms with Crippen molar-refractivity contribution in [2.24, 2.45) is 0 Å². The first kappa shape index (κ1) is 21.0. The maximum Gasteiger partial charge on any atom is 0.358 e. The van der Waals surface area contributed by atoms with Crippen molar-refractivity contribution in [2.45, 2.75) is 6.54 Å². The van der Waals surface area contributed by atoms with Gasteiger partial charge in [-0.25, -0.2) is 9.78 Å². The van der Waals surface area contributed by atoms with Crippen LogP contribution in [0, 0.1) is 0 Å². The summed E-state index contributed by atoms with van der Waals surface area (Å²) < 4.78 is 5.99. The zero-order valence-corrected chi connectivity index (χ0v) is 18.5. The van der Waals surface area contributed by atoms with Gasteiger partial charge in [0.25, 0.3) is 5.91 Å². The molecule has 1 amide bonds. The molecule has 1 aliphatic heterocycles. The van der Waals surface area contributed by atoms with Crippen LogP contribution in [-0.4, -0.2) is 59.4 Å². The van der Waals surface area contributed by atoms with Crippen LogP contribution in [0.5, 0.6) is 0 Å². The Balaban J connectivity index is 1.23. The Morgan fingerprint density at radius 2 is 1.83 bits per heavy atom. The molecule has 0 saturated carbocycles. The van der Waals surface area contributed by atoms with Crippen molar-refractivity contribution >= 4 is 46.2 Å². The van der Waals surface area contributed by atoms with Crippen molar-refractivity contribution in [1.29, 1.82) is 0 Å². The Kier molecular flexibility index (Phi) is 6.79. The summed E-state index contributed by atoms with van der Waals surface area (Å²) in [5, 5.41) is 2.40. The van der Waals surface area contributed by atoms with E-state index in [1.807, 2.05) is 42.5 Å². The third-order valence-electron chi connectivity index (χ3n) is 4.79. The molecule has 2 aromatic heterocycles. The molecule has 0 unspecified atom stereocenters. The molecular weight excluding hydrogens is 442 g/mol. The van der Waals surface area contributed by atoms with Gasteiger partial charge in [0.15, 0.2) is 12.3 Å². The number of thiazole rings is 1. The fourth-order valence-corrected chi connectivity index (χ4v) is 5.11. The number of aromatic nitrogens is 1. The number of esters is 1. The molecule has 0 bridgehead atoms. The number of carbonyl (C=O) groups excluding carboxylic acids is 2. The van der Waals surface area contributed by atoms with Crippen LogP contribution < -0.4 is 0 Å². The molecule has 0 spiro atoms. The van der Waals surface area contributed by atoms with Crippen molar-refractivity contribution in [3.8, 4) is 10.6 Å². The lowest BCUT2D eigenvalue weighted by Crippen LogP contribution is -2.49. The van der Waals surface area contributed by atoms with Gasteiger partial charge in [0.05, 0.1) is 4.34 Å². The average Bonchev–Trinajstić information content (AvgIpc) is 3.42. The molecule has 0 aliphatic carbocycles. The van der Waals surface area contributed by atoms with E-state index >= 15 is 0 Å². The van der Waals surface area contributed by atoms with Gasteiger partial charge < -0.3 is 9.64 Å². The highest BCUT2D eigenvalue weighted by Crippen LogP contribution is 2.24. The van der Waals surface area contributed by atoms with E-state index in [0.29, 0.717) is 13.1 Å². The van der Waals surface area contributed by atoms with E-state index in [-0.39, 0.29) is 18.2 Å². The predicted molar refractivity (Wildman–Crippen MR) is 119 cm³/mol. The number of piperazine rings is 1. The highest BCUT2D eigenvalue weighted by Gasteiger charge is 2.23. The molecule has 0 N–H and O–H groups in total. The number of rotatable bonds is 6. The molecule has 1 fully saturated rings. The lowest BCUT2D eigenvalue weighted by Gasteiger charge is -2.34. The van der Waals surface area contributed by atoms with Crippen LogP contribution in [0.3, 0.4) is 0 Å². The van der Waals surface area contributed by atoms with Gasteiger partial charge in [0, 0.05) is 48.5 Å². The summed E-state index contributed by atoms with van der Waals surface area (Å²) in [5.74, 6) is -0.754. The van der Waals surface area contributed by atoms with Gasteiger partial charge in [0.1, 0.15) is 5.01 Å². The number of halogens is 1. The van der Waals surface area contributed by atoms with Crippen molar-refractivity contribution in [2.75, 3.05) is 32.8 Å². The molecule has 3 aromatic rings. The molecule has 0 radical (unpaired) electrons. The first-order valence-corrected chi connectivity index (χ1v) is 11.6. The van der Waals surface area contributed by atoms with Crippen molar-refractivity contribution in [3.63, 3.8) is 0 Å². The molecule has 30 heavy (non-hydrogen) atoms. The van der Waals surface area contributed by atoms with E-state index in [0.717, 1.165) is 34.5 Å². The monoisotopic (exact) mass is 461 g/mol. The summed E-state index contributed by atoms with van der Waals surface area (Å²) in [4.78, 5) is 34.3. The normalized spacial score (nSPS) is 14.6. The van der Waals surface area contributed by atoms with E-state index in [9.17, 15) is 9.59 Å². The first-order chi connectivity index (χ1) is 14.6. The van der Waals surface area contributed by atoms with Crippen molar-refractivity contribution in [1.82, 2.24) is 14.8 Å². The van der Waals surface area contributed by atoms with E-state index < -0.39 is 5.97 Å². The second-order valence-corrected chi connectivity index (χ2v) is 9.50. The minimum absolute atomic E-state index is 0.180. The molecular formula is C21H20ClN3O3S2. The molecule has 156 valence electrons. The Labute approximate surface area is 187 Å². The van der Waals surface area contributed by atoms with E-state index in [2.05, 4.69) is 9.88 Å². The van der Waals surface area contributed by atoms with Crippen LogP contribution >= 0.6 is 34.3 Å². The number of ether oxygens (including phenoxy) is 1. The fraction of sp³-hybridized carbons (Fsp3) is 0.286. The number of benzene rings is 1. The third kappa shape index (κ3) is 5.26. The van der Waals surface area contributed by atoms with E-state index in [1.54, 1.807) is 21.6 Å². The maximum absolute atomic E-state index is 12.4. The quantitative estimate of drug-likeness (QED) is 0.519. The van der Waals surface area contributed by atoms with Crippen LogP contribution in [-0.2, 0) is 16.1 Å². The van der Waals surface area contributed by atoms with Crippen LogP contribution in [0.4, 0.5) is 0 Å². The Hall–Kier alpha value is -2.26. The van der Waals surface area contributed by atoms with Gasteiger partial charge in [-0.15, -0.1) is 22.7 Å². The zero-order valence-electron chi connectivity index (χ0n) is 16.1. The summed E-state index contributed by atoms with van der Waals surface area (Å²) in [7, 11) is 0. The minimum atomic E-state index is -0.574. The topological polar surface area (TPSA) is 62.7 Å². The fourth-order valence-electron chi connectivity index (χ4n) is 3.19. The lowest BCUT2D eigenvalue weighted by atomic mass is 10.2. The van der Waals surface area contributed by atoms with Crippen molar-refractivity contribution < 1.29 is 14.3 Å². The number of carbonyl (C=O) groups is 2. The van der Waals surface area contributed by atoms with Gasteiger partial charge >= 0.3 is 5.97 Å². The zero-order chi connectivity index (χ0) is 20.9. The summed E-state index contributed by atoms with van der Waals surface area (Å²) in [6.45, 7) is 3.36. The summed E-state index contributed by atoms with van der Waals surface area (Å²) in [6, 6.07) is 13.6. The number of hydrogen-bond donors (Lipinski definition) is 0. The highest BCUT2D eigenvalue weighted by molar-refractivity contribution is 7.16. The largest absolute Gasteiger partial charge is 0.451 e. The summed E-state index contributed by atoms with van der Waals surface area (Å²) in [5.41, 5.74) is 1.17. The number of hydrogen-bond acceptors (Lipinski definition) is 7. The van der Waals surface area contributed by atoms with Crippen LogP contribution in [0.25, 0.3) is 10.6 Å². The molecule has 3 heterocycles. The molecule has 1 saturated heterocycles. The van der Waals surface area contributed by atoms with E-state index in [4.69, 9.17) is 16.3 Å². The molecule has 4 rings (SSSR count). The Bertz CT molecular complexity index is 1010. The Morgan fingerprint density at radius 1 is 1.07 bits per heavy atom. The second kappa shape index (κ2) is 9.70. The number of nitrogens with zero attached hydrogens (tertiary/aromatic N) is 3. The summed E-state index contributed by atoms with van der Waals surface area (Å²) in [6.07, 6.45) is 0. The smallest absolute Gasteiger partial charge is 0.358 e. The minimum Gasteiger partial charge on any atom is -0.451 e. The Morgan fingerprint density at radius 3 is 2.53 bits per heavy atom. The van der Waals surface area contributed by atoms with Gasteiger partial charge in [-0.05, 0) is 12.1 Å². The van der Waals surface area contributed by atoms with Crippen LogP contribution in [0.2, 0.25) is 4.34 Å². The van der Waals surface area contributed by atoms with Gasteiger partial charge in [-0.3, -0.25) is 9.69 Å². The first-order valence-electron chi connectivity index (χ1n) is 9.51. The SMILES string of the molecule is O=C(OCC(=O)N1CCN(Cc2ccc(Cl)s2)CC1)c1csc(-c2ccccc2)n1. The van der Waals surface area contributed by atoms with Crippen LogP contribution in [0.1, 0.15) is 15.4 Å². The van der Waals surface area contributed by atoms with Gasteiger partial charge in [-0.1, -0.05) is 41.9 Å². The molecule has 0 atom stereocenters. The number of thiophene rings is 1. The lowest BCUT2D eigenvalue weighted by molar-refractivity contribution is -0.136. The van der Waals surface area contributed by atoms with Gasteiger partial charge in [-0.2, -0.15) is 0 Å². The standard InChI is InChI=1S/C21H20ClN3O3S2/c22-18-7-6-16(30-18)12-24-8-10-25(11-9-24)19(26)13-28-21(27)17-14-29-20(23-17)15-4-2-1-3-5-15/h1-7,14H,8-13H2. The highest BCUT2D eigenvalue weighted by atomic mass is 35.5. The molecule has 1 aromatic carbocycles. The molecule has 9 heteroatoms. The van der Waals surface area contributed by atoms with Crippen LogP contribution in [0.15, 0.2) is 47.8 Å². The predicted octanol–water partition coefficient (Wildman–Crippen LogP) is 4.03. The van der Waals surface area contributed by atoms with Crippen molar-refractivity contribution in [3.05, 3.63) is 62.8 Å². The third-order valence-corrected chi connectivity index (χ3v) is 6.90. The molecule has 1 aliphatic rings. The molecule has 6 nitrogen and oxygen atoms in total. The van der Waals surface area contributed by atoms with E-state index in [1.165, 1.54) is 16.2 Å². The van der Waals surface area contributed by atoms with Gasteiger partial charge in [0.2, 0.25) is 0 Å². The average molecular weight is 462 g/mol. The maximum atomic E-state index is 12.4. The number of amides is 1. The second-order valence-electron chi connectivity index (χ2n) is 6.84.